The maximum atomic E-state index is 8.79. The molecule has 0 aliphatic carbocycles. The molecule has 0 N–H and O–H groups in total. The minimum atomic E-state index is 0.672. The lowest BCUT2D eigenvalue weighted by Gasteiger charge is -1.98. The molecule has 0 amide bonds. The van der Waals surface area contributed by atoms with Crippen molar-refractivity contribution in [2.24, 2.45) is 0 Å². The van der Waals surface area contributed by atoms with Gasteiger partial charge in [0.1, 0.15) is 5.01 Å². The highest BCUT2D eigenvalue weighted by Crippen LogP contribution is 2.25. The minimum absolute atomic E-state index is 0.672. The fraction of sp³-hybridized carbons (Fsp3) is 0.133. The Kier molecular flexibility index (Phi) is 3.57. The number of thiazole rings is 1. The average molecular weight is 280 g/mol. The summed E-state index contributed by atoms with van der Waals surface area (Å²) in [5.74, 6) is 0. The molecule has 1 aromatic carbocycles. The Hall–Kier alpha value is -2.45. The Balaban J connectivity index is 1.71. The first-order valence-electron chi connectivity index (χ1n) is 6.26. The maximum Gasteiger partial charge on any atom is 0.123 e. The molecule has 20 heavy (non-hydrogen) atoms. The second-order valence-electron chi connectivity index (χ2n) is 4.37. The van der Waals surface area contributed by atoms with Crippen LogP contribution < -0.4 is 0 Å². The molecule has 0 saturated heterocycles. The number of aryl methyl sites for hydroxylation is 2. The smallest absolute Gasteiger partial charge is 0.123 e. The first-order valence-corrected chi connectivity index (χ1v) is 7.08. The first kappa shape index (κ1) is 12.6. The van der Waals surface area contributed by atoms with Crippen molar-refractivity contribution in [3.8, 4) is 16.6 Å². The van der Waals surface area contributed by atoms with Gasteiger partial charge in [0.25, 0.3) is 0 Å². The van der Waals surface area contributed by atoms with Crippen molar-refractivity contribution in [1.29, 1.82) is 5.26 Å². The van der Waals surface area contributed by atoms with E-state index in [0.717, 1.165) is 23.5 Å². The van der Waals surface area contributed by atoms with E-state index < -0.39 is 0 Å². The van der Waals surface area contributed by atoms with Crippen LogP contribution in [0.2, 0.25) is 0 Å². The Morgan fingerprint density at radius 3 is 2.80 bits per heavy atom. The molecule has 0 unspecified atom stereocenters. The van der Waals surface area contributed by atoms with Gasteiger partial charge in [-0.1, -0.05) is 12.1 Å². The summed E-state index contributed by atoms with van der Waals surface area (Å²) in [5.41, 5.74) is 1.73. The number of imidazole rings is 1. The highest BCUT2D eigenvalue weighted by Gasteiger charge is 2.05. The van der Waals surface area contributed by atoms with Crippen LogP contribution in [-0.2, 0) is 13.0 Å². The SMILES string of the molecule is N#Cc1ccc(-c2ncc(CCn3ccnc3)s2)cc1. The number of aromatic nitrogens is 3. The van der Waals surface area contributed by atoms with E-state index >= 15 is 0 Å². The molecule has 0 bridgehead atoms. The predicted octanol–water partition coefficient (Wildman–Crippen LogP) is 3.12. The molecule has 98 valence electrons. The van der Waals surface area contributed by atoms with Gasteiger partial charge in [-0.3, -0.25) is 0 Å². The highest BCUT2D eigenvalue weighted by molar-refractivity contribution is 7.15. The Morgan fingerprint density at radius 2 is 2.10 bits per heavy atom. The summed E-state index contributed by atoms with van der Waals surface area (Å²) in [4.78, 5) is 9.73. The van der Waals surface area contributed by atoms with Crippen molar-refractivity contribution in [1.82, 2.24) is 14.5 Å². The normalized spacial score (nSPS) is 10.3. The van der Waals surface area contributed by atoms with Crippen LogP contribution in [-0.4, -0.2) is 14.5 Å². The van der Waals surface area contributed by atoms with E-state index in [9.17, 15) is 0 Å². The van der Waals surface area contributed by atoms with Gasteiger partial charge in [0.15, 0.2) is 0 Å². The third kappa shape index (κ3) is 2.76. The topological polar surface area (TPSA) is 54.5 Å². The minimum Gasteiger partial charge on any atom is -0.337 e. The maximum absolute atomic E-state index is 8.79. The summed E-state index contributed by atoms with van der Waals surface area (Å²) in [6.45, 7) is 0.912. The van der Waals surface area contributed by atoms with E-state index in [-0.39, 0.29) is 0 Å². The molecular weight excluding hydrogens is 268 g/mol. The lowest BCUT2D eigenvalue weighted by molar-refractivity contribution is 0.701. The van der Waals surface area contributed by atoms with E-state index in [4.69, 9.17) is 5.26 Å². The monoisotopic (exact) mass is 280 g/mol. The molecule has 2 aromatic heterocycles. The van der Waals surface area contributed by atoms with Crippen molar-refractivity contribution >= 4 is 11.3 Å². The van der Waals surface area contributed by atoms with Crippen LogP contribution in [0.1, 0.15) is 10.4 Å². The highest BCUT2D eigenvalue weighted by atomic mass is 32.1. The van der Waals surface area contributed by atoms with E-state index in [2.05, 4.69) is 20.6 Å². The van der Waals surface area contributed by atoms with E-state index in [1.54, 1.807) is 17.5 Å². The summed E-state index contributed by atoms with van der Waals surface area (Å²) >= 11 is 1.69. The Morgan fingerprint density at radius 1 is 1.25 bits per heavy atom. The molecule has 3 aromatic rings. The molecule has 3 rings (SSSR count). The summed E-state index contributed by atoms with van der Waals surface area (Å²) in [7, 11) is 0. The number of nitrogens with zero attached hydrogens (tertiary/aromatic N) is 4. The van der Waals surface area contributed by atoms with Crippen molar-refractivity contribution in [2.45, 2.75) is 13.0 Å². The van der Waals surface area contributed by atoms with Gasteiger partial charge in [0.05, 0.1) is 18.0 Å². The van der Waals surface area contributed by atoms with Crippen LogP contribution in [0.25, 0.3) is 10.6 Å². The molecule has 0 radical (unpaired) electrons. The second kappa shape index (κ2) is 5.68. The molecule has 0 spiro atoms. The molecule has 0 fully saturated rings. The number of rotatable bonds is 4. The fourth-order valence-electron chi connectivity index (χ4n) is 1.90. The summed E-state index contributed by atoms with van der Waals surface area (Å²) in [5, 5.41) is 9.79. The van der Waals surface area contributed by atoms with Crippen LogP contribution >= 0.6 is 11.3 Å². The molecule has 0 atom stereocenters. The van der Waals surface area contributed by atoms with Crippen molar-refractivity contribution in [3.05, 3.63) is 59.6 Å². The fourth-order valence-corrected chi connectivity index (χ4v) is 2.81. The molecule has 5 heteroatoms. The third-order valence-corrected chi connectivity index (χ3v) is 4.10. The van der Waals surface area contributed by atoms with Crippen LogP contribution in [0.4, 0.5) is 0 Å². The number of nitriles is 1. The summed E-state index contributed by atoms with van der Waals surface area (Å²) < 4.78 is 2.06. The molecule has 2 heterocycles. The van der Waals surface area contributed by atoms with Crippen LogP contribution in [0, 0.1) is 11.3 Å². The van der Waals surface area contributed by atoms with Crippen LogP contribution in [0.3, 0.4) is 0 Å². The first-order chi connectivity index (χ1) is 9.85. The third-order valence-electron chi connectivity index (χ3n) is 2.99. The zero-order valence-electron chi connectivity index (χ0n) is 10.7. The number of benzene rings is 1. The zero-order chi connectivity index (χ0) is 13.8. The Labute approximate surface area is 121 Å². The van der Waals surface area contributed by atoms with Gasteiger partial charge in [-0.05, 0) is 12.1 Å². The van der Waals surface area contributed by atoms with E-state index in [1.807, 2.05) is 43.0 Å². The molecule has 0 aliphatic rings. The number of hydrogen-bond donors (Lipinski definition) is 0. The number of hydrogen-bond acceptors (Lipinski definition) is 4. The summed E-state index contributed by atoms with van der Waals surface area (Å²) in [6.07, 6.45) is 8.44. The lowest BCUT2D eigenvalue weighted by Crippen LogP contribution is -1.96. The quantitative estimate of drug-likeness (QED) is 0.737. The lowest BCUT2D eigenvalue weighted by atomic mass is 10.1. The van der Waals surface area contributed by atoms with Gasteiger partial charge in [0.2, 0.25) is 0 Å². The van der Waals surface area contributed by atoms with Gasteiger partial charge >= 0.3 is 0 Å². The average Bonchev–Trinajstić information content (AvgIpc) is 3.17. The van der Waals surface area contributed by atoms with Crippen molar-refractivity contribution in [2.75, 3.05) is 0 Å². The predicted molar refractivity (Wildman–Crippen MR) is 78.2 cm³/mol. The largest absolute Gasteiger partial charge is 0.337 e. The molecule has 0 saturated carbocycles. The van der Waals surface area contributed by atoms with Gasteiger partial charge in [-0.2, -0.15) is 5.26 Å². The van der Waals surface area contributed by atoms with Crippen LogP contribution in [0.15, 0.2) is 49.2 Å². The van der Waals surface area contributed by atoms with E-state index in [1.165, 1.54) is 4.88 Å². The van der Waals surface area contributed by atoms with Crippen molar-refractivity contribution < 1.29 is 0 Å². The van der Waals surface area contributed by atoms with Gasteiger partial charge in [-0.25, -0.2) is 9.97 Å². The standard InChI is InChI=1S/C15H12N4S/c16-9-12-1-3-13(4-2-12)15-18-10-14(20-15)5-7-19-8-6-17-11-19/h1-4,6,8,10-11H,5,7H2. The van der Waals surface area contributed by atoms with E-state index in [0.29, 0.717) is 5.56 Å². The Bertz CT molecular complexity index is 720. The molecule has 0 aliphatic heterocycles. The summed E-state index contributed by atoms with van der Waals surface area (Å²) in [6, 6.07) is 9.65. The zero-order valence-corrected chi connectivity index (χ0v) is 11.5. The molecule has 4 nitrogen and oxygen atoms in total. The van der Waals surface area contributed by atoms with Gasteiger partial charge in [0, 0.05) is 42.0 Å². The second-order valence-corrected chi connectivity index (χ2v) is 5.49. The van der Waals surface area contributed by atoms with Crippen LogP contribution in [0.5, 0.6) is 0 Å². The van der Waals surface area contributed by atoms with Gasteiger partial charge < -0.3 is 4.57 Å². The van der Waals surface area contributed by atoms with Crippen molar-refractivity contribution in [3.63, 3.8) is 0 Å². The van der Waals surface area contributed by atoms with Gasteiger partial charge in [-0.15, -0.1) is 11.3 Å². The molecular formula is C15H12N4S.